The van der Waals surface area contributed by atoms with E-state index in [1.807, 2.05) is 37.3 Å². The standard InChI is InChI=1S/C16H13FN2/c1-10-2-3-12-8-11(4-7-16(12)19-10)14-9-13(17)5-6-15(14)18/h2-9H,18H2,1H3. The van der Waals surface area contributed by atoms with Gasteiger partial charge in [0.15, 0.2) is 0 Å². The van der Waals surface area contributed by atoms with Crippen LogP contribution in [0.2, 0.25) is 0 Å². The molecule has 1 heterocycles. The number of fused-ring (bicyclic) bond motifs is 1. The first-order chi connectivity index (χ1) is 9.13. The molecule has 3 heteroatoms. The molecule has 1 aromatic heterocycles. The van der Waals surface area contributed by atoms with E-state index in [-0.39, 0.29) is 5.82 Å². The van der Waals surface area contributed by atoms with E-state index in [0.717, 1.165) is 22.2 Å². The fourth-order valence-corrected chi connectivity index (χ4v) is 2.17. The Morgan fingerprint density at radius 2 is 1.84 bits per heavy atom. The number of aryl methyl sites for hydroxylation is 1. The quantitative estimate of drug-likeness (QED) is 0.666. The fourth-order valence-electron chi connectivity index (χ4n) is 2.17. The van der Waals surface area contributed by atoms with Crippen LogP contribution in [-0.4, -0.2) is 4.98 Å². The number of halogens is 1. The summed E-state index contributed by atoms with van der Waals surface area (Å²) in [6.07, 6.45) is 0. The molecule has 2 nitrogen and oxygen atoms in total. The molecule has 2 N–H and O–H groups in total. The Balaban J connectivity index is 2.20. The molecule has 0 radical (unpaired) electrons. The molecule has 0 aliphatic rings. The molecule has 0 amide bonds. The number of nitrogens with zero attached hydrogens (tertiary/aromatic N) is 1. The summed E-state index contributed by atoms with van der Waals surface area (Å²) in [4.78, 5) is 4.45. The lowest BCUT2D eigenvalue weighted by Crippen LogP contribution is -1.91. The summed E-state index contributed by atoms with van der Waals surface area (Å²) in [7, 11) is 0. The Kier molecular flexibility index (Phi) is 2.67. The minimum absolute atomic E-state index is 0.286. The second kappa shape index (κ2) is 4.35. The molecule has 0 aliphatic carbocycles. The lowest BCUT2D eigenvalue weighted by molar-refractivity contribution is 0.628. The molecule has 0 fully saturated rings. The van der Waals surface area contributed by atoms with E-state index in [1.54, 1.807) is 6.07 Å². The Morgan fingerprint density at radius 1 is 1.00 bits per heavy atom. The monoisotopic (exact) mass is 252 g/mol. The van der Waals surface area contributed by atoms with Gasteiger partial charge < -0.3 is 5.73 Å². The van der Waals surface area contributed by atoms with Crippen LogP contribution in [0.15, 0.2) is 48.5 Å². The van der Waals surface area contributed by atoms with Gasteiger partial charge in [-0.05, 0) is 48.9 Å². The number of hydrogen-bond donors (Lipinski definition) is 1. The van der Waals surface area contributed by atoms with Gasteiger partial charge in [-0.1, -0.05) is 12.1 Å². The summed E-state index contributed by atoms with van der Waals surface area (Å²) in [6, 6.07) is 14.2. The van der Waals surface area contributed by atoms with E-state index in [9.17, 15) is 4.39 Å². The largest absolute Gasteiger partial charge is 0.398 e. The Labute approximate surface area is 110 Å². The van der Waals surface area contributed by atoms with Crippen molar-refractivity contribution in [2.24, 2.45) is 0 Å². The van der Waals surface area contributed by atoms with E-state index in [2.05, 4.69) is 4.98 Å². The minimum Gasteiger partial charge on any atom is -0.398 e. The zero-order valence-corrected chi connectivity index (χ0v) is 10.5. The molecule has 0 saturated carbocycles. The van der Waals surface area contributed by atoms with Crippen molar-refractivity contribution in [3.8, 4) is 11.1 Å². The summed E-state index contributed by atoms with van der Waals surface area (Å²) >= 11 is 0. The summed E-state index contributed by atoms with van der Waals surface area (Å²) in [5, 5.41) is 1.02. The molecule has 2 aromatic carbocycles. The molecule has 3 rings (SSSR count). The average molecular weight is 252 g/mol. The van der Waals surface area contributed by atoms with Crippen LogP contribution in [0.25, 0.3) is 22.0 Å². The summed E-state index contributed by atoms with van der Waals surface area (Å²) in [5.41, 5.74) is 9.99. The second-order valence-electron chi connectivity index (χ2n) is 4.59. The topological polar surface area (TPSA) is 38.9 Å². The van der Waals surface area contributed by atoms with Gasteiger partial charge in [0, 0.05) is 22.3 Å². The smallest absolute Gasteiger partial charge is 0.123 e. The molecule has 0 bridgehead atoms. The zero-order chi connectivity index (χ0) is 13.4. The van der Waals surface area contributed by atoms with E-state index < -0.39 is 0 Å². The lowest BCUT2D eigenvalue weighted by Gasteiger charge is -2.07. The van der Waals surface area contributed by atoms with Gasteiger partial charge in [-0.25, -0.2) is 4.39 Å². The first kappa shape index (κ1) is 11.7. The normalized spacial score (nSPS) is 10.8. The molecule has 0 spiro atoms. The molecule has 3 aromatic rings. The van der Waals surface area contributed by atoms with Gasteiger partial charge >= 0.3 is 0 Å². The number of nitrogen functional groups attached to an aromatic ring is 1. The predicted molar refractivity (Wildman–Crippen MR) is 76.3 cm³/mol. The van der Waals surface area contributed by atoms with Crippen LogP contribution in [0.4, 0.5) is 10.1 Å². The molecule has 0 unspecified atom stereocenters. The average Bonchev–Trinajstić information content (AvgIpc) is 2.41. The first-order valence-corrected chi connectivity index (χ1v) is 6.06. The molecule has 0 atom stereocenters. The van der Waals surface area contributed by atoms with Crippen LogP contribution in [0.1, 0.15) is 5.69 Å². The molecular formula is C16H13FN2. The summed E-state index contributed by atoms with van der Waals surface area (Å²) in [6.45, 7) is 1.96. The summed E-state index contributed by atoms with van der Waals surface area (Å²) in [5.74, 6) is -0.286. The Bertz CT molecular complexity index is 766. The van der Waals surface area contributed by atoms with Crippen molar-refractivity contribution < 1.29 is 4.39 Å². The molecule has 0 saturated heterocycles. The maximum absolute atomic E-state index is 13.3. The molecule has 94 valence electrons. The number of rotatable bonds is 1. The first-order valence-electron chi connectivity index (χ1n) is 6.06. The van der Waals surface area contributed by atoms with Gasteiger partial charge in [-0.3, -0.25) is 4.98 Å². The maximum Gasteiger partial charge on any atom is 0.123 e. The maximum atomic E-state index is 13.3. The van der Waals surface area contributed by atoms with Crippen molar-refractivity contribution in [1.82, 2.24) is 4.98 Å². The van der Waals surface area contributed by atoms with Crippen molar-refractivity contribution in [2.45, 2.75) is 6.92 Å². The highest BCUT2D eigenvalue weighted by atomic mass is 19.1. The van der Waals surface area contributed by atoms with Gasteiger partial charge in [-0.15, -0.1) is 0 Å². The highest BCUT2D eigenvalue weighted by molar-refractivity contribution is 5.87. The van der Waals surface area contributed by atoms with Crippen LogP contribution in [-0.2, 0) is 0 Å². The number of pyridine rings is 1. The van der Waals surface area contributed by atoms with E-state index in [0.29, 0.717) is 11.3 Å². The van der Waals surface area contributed by atoms with Crippen molar-refractivity contribution in [2.75, 3.05) is 5.73 Å². The number of benzene rings is 2. The number of aromatic nitrogens is 1. The van der Waals surface area contributed by atoms with E-state index in [1.165, 1.54) is 12.1 Å². The van der Waals surface area contributed by atoms with Crippen molar-refractivity contribution in [1.29, 1.82) is 0 Å². The number of nitrogens with two attached hydrogens (primary N) is 1. The molecule has 19 heavy (non-hydrogen) atoms. The number of anilines is 1. The van der Waals surface area contributed by atoms with Crippen LogP contribution in [0.3, 0.4) is 0 Å². The predicted octanol–water partition coefficient (Wildman–Crippen LogP) is 3.93. The van der Waals surface area contributed by atoms with Gasteiger partial charge in [0.05, 0.1) is 5.52 Å². The fraction of sp³-hybridized carbons (Fsp3) is 0.0625. The van der Waals surface area contributed by atoms with E-state index in [4.69, 9.17) is 5.73 Å². The van der Waals surface area contributed by atoms with Crippen molar-refractivity contribution >= 4 is 16.6 Å². The van der Waals surface area contributed by atoms with Crippen molar-refractivity contribution in [3.05, 3.63) is 60.0 Å². The van der Waals surface area contributed by atoms with Gasteiger partial charge in [0.1, 0.15) is 5.82 Å². The third kappa shape index (κ3) is 2.15. The minimum atomic E-state index is -0.286. The lowest BCUT2D eigenvalue weighted by atomic mass is 10.0. The van der Waals surface area contributed by atoms with Crippen LogP contribution >= 0.6 is 0 Å². The molecular weight excluding hydrogens is 239 g/mol. The van der Waals surface area contributed by atoms with Gasteiger partial charge in [-0.2, -0.15) is 0 Å². The van der Waals surface area contributed by atoms with Crippen LogP contribution in [0, 0.1) is 12.7 Å². The highest BCUT2D eigenvalue weighted by Gasteiger charge is 2.05. The second-order valence-corrected chi connectivity index (χ2v) is 4.59. The van der Waals surface area contributed by atoms with Crippen molar-refractivity contribution in [3.63, 3.8) is 0 Å². The van der Waals surface area contributed by atoms with E-state index >= 15 is 0 Å². The zero-order valence-electron chi connectivity index (χ0n) is 10.5. The Hall–Kier alpha value is -2.42. The van der Waals surface area contributed by atoms with Crippen LogP contribution in [0.5, 0.6) is 0 Å². The number of hydrogen-bond acceptors (Lipinski definition) is 2. The third-order valence-electron chi connectivity index (χ3n) is 3.15. The van der Waals surface area contributed by atoms with Gasteiger partial charge in [0.2, 0.25) is 0 Å². The van der Waals surface area contributed by atoms with Crippen LogP contribution < -0.4 is 5.73 Å². The molecule has 0 aliphatic heterocycles. The SMILES string of the molecule is Cc1ccc2cc(-c3cc(F)ccc3N)ccc2n1. The van der Waals surface area contributed by atoms with Gasteiger partial charge in [0.25, 0.3) is 0 Å². The summed E-state index contributed by atoms with van der Waals surface area (Å²) < 4.78 is 13.3. The third-order valence-corrected chi connectivity index (χ3v) is 3.15. The highest BCUT2D eigenvalue weighted by Crippen LogP contribution is 2.29. The Morgan fingerprint density at radius 3 is 2.68 bits per heavy atom.